The molecule has 0 aliphatic carbocycles. The molecule has 2 unspecified atom stereocenters. The normalized spacial score (nSPS) is 27.2. The summed E-state index contributed by atoms with van der Waals surface area (Å²) in [5.41, 5.74) is 2.00. The zero-order valence-electron chi connectivity index (χ0n) is 10.3. The molecule has 2 atom stereocenters. The van der Waals surface area contributed by atoms with Crippen molar-refractivity contribution in [2.24, 2.45) is 0 Å². The number of nitrogens with zero attached hydrogens (tertiary/aromatic N) is 1. The van der Waals surface area contributed by atoms with E-state index in [0.717, 1.165) is 40.8 Å². The Balaban J connectivity index is 1.96. The highest BCUT2D eigenvalue weighted by Gasteiger charge is 2.30. The Morgan fingerprint density at radius 2 is 2.17 bits per heavy atom. The minimum atomic E-state index is 0.0889. The summed E-state index contributed by atoms with van der Waals surface area (Å²) < 4.78 is 0. The Labute approximate surface area is 119 Å². The first-order chi connectivity index (χ1) is 8.79. The Bertz CT molecular complexity index is 503. The minimum Gasteiger partial charge on any atom is -0.309 e. The van der Waals surface area contributed by atoms with Crippen LogP contribution in [0.2, 0.25) is 0 Å². The van der Waals surface area contributed by atoms with Crippen LogP contribution < -0.4 is 5.56 Å². The van der Waals surface area contributed by atoms with Crippen molar-refractivity contribution in [1.29, 1.82) is 0 Å². The molecule has 18 heavy (non-hydrogen) atoms. The Morgan fingerprint density at radius 3 is 3.00 bits per heavy atom. The summed E-state index contributed by atoms with van der Waals surface area (Å²) >= 11 is 5.74. The third-order valence-corrected chi connectivity index (χ3v) is 7.55. The second-order valence-corrected chi connectivity index (χ2v) is 8.06. The highest BCUT2D eigenvalue weighted by atomic mass is 32.2. The van der Waals surface area contributed by atoms with Gasteiger partial charge in [0.05, 0.1) is 10.9 Å². The Hall–Kier alpha value is -0.0700. The summed E-state index contributed by atoms with van der Waals surface area (Å²) in [6.07, 6.45) is 1.14. The molecule has 0 saturated carbocycles. The van der Waals surface area contributed by atoms with Crippen LogP contribution in [0.25, 0.3) is 0 Å². The van der Waals surface area contributed by atoms with Gasteiger partial charge in [-0.2, -0.15) is 23.5 Å². The number of fused-ring (bicyclic) bond motifs is 1. The van der Waals surface area contributed by atoms with E-state index in [4.69, 9.17) is 4.98 Å². The average Bonchev–Trinajstić information content (AvgIpc) is 2.87. The summed E-state index contributed by atoms with van der Waals surface area (Å²) in [6, 6.07) is 0. The zero-order valence-corrected chi connectivity index (χ0v) is 12.7. The average molecular weight is 300 g/mol. The predicted molar refractivity (Wildman–Crippen MR) is 81.6 cm³/mol. The molecule has 0 radical (unpaired) electrons. The topological polar surface area (TPSA) is 45.8 Å². The molecule has 0 spiro atoms. The van der Waals surface area contributed by atoms with Crippen LogP contribution in [0, 0.1) is 0 Å². The van der Waals surface area contributed by atoms with Crippen molar-refractivity contribution < 1.29 is 0 Å². The number of rotatable bonds is 2. The molecule has 3 rings (SSSR count). The van der Waals surface area contributed by atoms with E-state index in [1.165, 1.54) is 5.75 Å². The maximum atomic E-state index is 12.0. The molecule has 6 heteroatoms. The maximum Gasteiger partial charge on any atom is 0.255 e. The van der Waals surface area contributed by atoms with Crippen LogP contribution in [0.1, 0.15) is 35.7 Å². The third kappa shape index (κ3) is 2.34. The number of aromatic amines is 1. The number of thioether (sulfide) groups is 3. The summed E-state index contributed by atoms with van der Waals surface area (Å²) in [6.45, 7) is 2.22. The maximum absolute atomic E-state index is 12.0. The quantitative estimate of drug-likeness (QED) is 0.910. The number of H-pyrrole nitrogens is 1. The number of hydrogen-bond donors (Lipinski definition) is 1. The lowest BCUT2D eigenvalue weighted by atomic mass is 10.2. The van der Waals surface area contributed by atoms with E-state index in [0.29, 0.717) is 10.5 Å². The number of aromatic nitrogens is 2. The van der Waals surface area contributed by atoms with Crippen LogP contribution in [-0.4, -0.2) is 26.7 Å². The summed E-state index contributed by atoms with van der Waals surface area (Å²) in [5.74, 6) is 4.99. The first-order valence-corrected chi connectivity index (χ1v) is 9.47. The van der Waals surface area contributed by atoms with Gasteiger partial charge in [-0.25, -0.2) is 4.98 Å². The van der Waals surface area contributed by atoms with E-state index in [2.05, 4.69) is 11.9 Å². The van der Waals surface area contributed by atoms with Gasteiger partial charge in [-0.1, -0.05) is 6.92 Å². The summed E-state index contributed by atoms with van der Waals surface area (Å²) in [5, 5.41) is 0.941. The van der Waals surface area contributed by atoms with Gasteiger partial charge >= 0.3 is 0 Å². The first-order valence-electron chi connectivity index (χ1n) is 6.22. The van der Waals surface area contributed by atoms with Crippen molar-refractivity contribution in [3.8, 4) is 0 Å². The Morgan fingerprint density at radius 1 is 1.33 bits per heavy atom. The molecule has 0 amide bonds. The van der Waals surface area contributed by atoms with E-state index in [-0.39, 0.29) is 5.56 Å². The fourth-order valence-corrected chi connectivity index (χ4v) is 6.42. The second-order valence-electron chi connectivity index (χ2n) is 4.48. The molecular formula is C12H16N2OS3. The minimum absolute atomic E-state index is 0.0889. The van der Waals surface area contributed by atoms with Gasteiger partial charge in [0.15, 0.2) is 0 Å². The smallest absolute Gasteiger partial charge is 0.255 e. The predicted octanol–water partition coefficient (Wildman–Crippen LogP) is 2.82. The molecule has 0 aromatic carbocycles. The lowest BCUT2D eigenvalue weighted by Gasteiger charge is -2.29. The highest BCUT2D eigenvalue weighted by Crippen LogP contribution is 2.42. The molecule has 98 valence electrons. The van der Waals surface area contributed by atoms with Gasteiger partial charge in [-0.15, -0.1) is 11.8 Å². The molecular weight excluding hydrogens is 284 g/mol. The van der Waals surface area contributed by atoms with Gasteiger partial charge in [0.25, 0.3) is 5.56 Å². The fraction of sp³-hybridized carbons (Fsp3) is 0.667. The molecule has 1 aromatic rings. The lowest BCUT2D eigenvalue weighted by Crippen LogP contribution is -2.25. The largest absolute Gasteiger partial charge is 0.309 e. The molecule has 1 N–H and O–H groups in total. The van der Waals surface area contributed by atoms with Crippen LogP contribution in [0.15, 0.2) is 4.79 Å². The van der Waals surface area contributed by atoms with Gasteiger partial charge in [0.1, 0.15) is 5.82 Å². The van der Waals surface area contributed by atoms with Gasteiger partial charge in [-0.05, 0) is 6.42 Å². The molecule has 3 heterocycles. The van der Waals surface area contributed by atoms with E-state index in [1.807, 2.05) is 23.5 Å². The molecule has 2 aliphatic heterocycles. The summed E-state index contributed by atoms with van der Waals surface area (Å²) in [7, 11) is 0. The standard InChI is InChI=1S/C12H16N2OS3/c1-2-9-10(18-4-3-17-9)11-13-8-6-16-5-7(8)12(15)14-11/h9-10H,2-6H2,1H3,(H,13,14,15). The van der Waals surface area contributed by atoms with Crippen LogP contribution in [-0.2, 0) is 11.5 Å². The lowest BCUT2D eigenvalue weighted by molar-refractivity contribution is 0.737. The molecule has 3 nitrogen and oxygen atoms in total. The number of nitrogens with one attached hydrogen (secondary N) is 1. The molecule has 2 aliphatic rings. The van der Waals surface area contributed by atoms with Crippen molar-refractivity contribution in [1.82, 2.24) is 9.97 Å². The van der Waals surface area contributed by atoms with Gasteiger partial charge in [-0.3, -0.25) is 4.79 Å². The van der Waals surface area contributed by atoms with Gasteiger partial charge in [0, 0.05) is 33.8 Å². The zero-order chi connectivity index (χ0) is 12.5. The van der Waals surface area contributed by atoms with Crippen molar-refractivity contribution in [3.05, 3.63) is 27.4 Å². The SMILES string of the molecule is CCC1SCCSC1c1nc2c(c(=O)[nH]1)CSC2. The summed E-state index contributed by atoms with van der Waals surface area (Å²) in [4.78, 5) is 19.8. The van der Waals surface area contributed by atoms with Crippen LogP contribution in [0.5, 0.6) is 0 Å². The van der Waals surface area contributed by atoms with E-state index < -0.39 is 0 Å². The molecule has 1 fully saturated rings. The highest BCUT2D eigenvalue weighted by molar-refractivity contribution is 8.06. The van der Waals surface area contributed by atoms with Crippen molar-refractivity contribution in [2.75, 3.05) is 11.5 Å². The van der Waals surface area contributed by atoms with Gasteiger partial charge in [0.2, 0.25) is 0 Å². The van der Waals surface area contributed by atoms with Crippen LogP contribution >= 0.6 is 35.3 Å². The fourth-order valence-electron chi connectivity index (χ4n) is 2.37. The van der Waals surface area contributed by atoms with Crippen molar-refractivity contribution in [2.45, 2.75) is 35.4 Å². The van der Waals surface area contributed by atoms with E-state index in [9.17, 15) is 4.79 Å². The van der Waals surface area contributed by atoms with Gasteiger partial charge < -0.3 is 4.98 Å². The molecule has 1 saturated heterocycles. The van der Waals surface area contributed by atoms with Crippen molar-refractivity contribution in [3.63, 3.8) is 0 Å². The van der Waals surface area contributed by atoms with Crippen molar-refractivity contribution >= 4 is 35.3 Å². The number of hydrogen-bond acceptors (Lipinski definition) is 5. The molecule has 1 aromatic heterocycles. The van der Waals surface area contributed by atoms with E-state index in [1.54, 1.807) is 11.8 Å². The van der Waals surface area contributed by atoms with E-state index >= 15 is 0 Å². The molecule has 0 bridgehead atoms. The third-order valence-electron chi connectivity index (χ3n) is 3.33. The first kappa shape index (κ1) is 12.9. The monoisotopic (exact) mass is 300 g/mol. The Kier molecular flexibility index (Phi) is 3.96. The second kappa shape index (κ2) is 5.51. The van der Waals surface area contributed by atoms with Crippen LogP contribution in [0.4, 0.5) is 0 Å². The van der Waals surface area contributed by atoms with Crippen LogP contribution in [0.3, 0.4) is 0 Å².